The van der Waals surface area contributed by atoms with Crippen LogP contribution in [-0.2, 0) is 19.2 Å². The van der Waals surface area contributed by atoms with Gasteiger partial charge in [-0.25, -0.2) is 0 Å². The van der Waals surface area contributed by atoms with Crippen molar-refractivity contribution in [2.45, 2.75) is 12.8 Å². The second-order valence-electron chi connectivity index (χ2n) is 10.2. The van der Waals surface area contributed by atoms with E-state index in [-0.39, 0.29) is 40.0 Å². The van der Waals surface area contributed by atoms with E-state index in [1.807, 2.05) is 12.2 Å². The molecule has 1 heterocycles. The van der Waals surface area contributed by atoms with Crippen LogP contribution in [0.5, 0.6) is 11.5 Å². The number of carbonyl (C=O) groups is 4. The van der Waals surface area contributed by atoms with Gasteiger partial charge in [0.2, 0.25) is 11.8 Å². The molecule has 0 saturated carbocycles. The average Bonchev–Trinajstić information content (AvgIpc) is 3.20. The number of benzene rings is 2. The predicted octanol–water partition coefficient (Wildman–Crippen LogP) is 5.57. The normalized spacial score (nSPS) is 26.0. The molecule has 1 aliphatic heterocycles. The van der Waals surface area contributed by atoms with E-state index >= 15 is 0 Å². The van der Waals surface area contributed by atoms with Crippen LogP contribution in [0, 0.1) is 23.7 Å². The summed E-state index contributed by atoms with van der Waals surface area (Å²) in [5.74, 6) is -3.04. The smallest absolute Gasteiger partial charge is 0.238 e. The Morgan fingerprint density at radius 2 is 1.80 bits per heavy atom. The van der Waals surface area contributed by atoms with E-state index in [2.05, 4.69) is 15.9 Å². The monoisotopic (exact) mass is 619 g/mol. The van der Waals surface area contributed by atoms with Crippen molar-refractivity contribution in [3.63, 3.8) is 0 Å². The number of nitrogens with zero attached hydrogens (tertiary/aromatic N) is 1. The van der Waals surface area contributed by atoms with Gasteiger partial charge in [-0.15, -0.1) is 0 Å². The highest BCUT2D eigenvalue weighted by molar-refractivity contribution is 9.12. The number of Topliss-reactive ketones (excluding diaryl/α,β-unsaturated/α-hetero) is 1. The topological polar surface area (TPSA) is 101 Å². The maximum Gasteiger partial charge on any atom is 0.238 e. The molecule has 2 aromatic carbocycles. The minimum Gasteiger partial charge on any atom is -0.504 e. The molecule has 0 aromatic heterocycles. The number of anilines is 1. The molecule has 202 valence electrons. The van der Waals surface area contributed by atoms with Gasteiger partial charge in [0.15, 0.2) is 23.1 Å². The van der Waals surface area contributed by atoms with Crippen molar-refractivity contribution in [2.24, 2.45) is 23.7 Å². The first kappa shape index (κ1) is 26.5. The van der Waals surface area contributed by atoms with Crippen molar-refractivity contribution in [1.29, 1.82) is 0 Å². The van der Waals surface area contributed by atoms with Gasteiger partial charge in [-0.1, -0.05) is 41.5 Å². The van der Waals surface area contributed by atoms with E-state index in [1.54, 1.807) is 42.5 Å². The molecule has 4 aliphatic rings. The molecule has 7 nitrogen and oxygen atoms in total. The van der Waals surface area contributed by atoms with Crippen LogP contribution in [-0.4, -0.2) is 35.6 Å². The van der Waals surface area contributed by atoms with E-state index in [0.717, 1.165) is 11.1 Å². The Kier molecular flexibility index (Phi) is 6.63. The van der Waals surface area contributed by atoms with Crippen molar-refractivity contribution in [3.05, 3.63) is 92.5 Å². The Bertz CT molecular complexity index is 1620. The molecule has 4 unspecified atom stereocenters. The van der Waals surface area contributed by atoms with Crippen molar-refractivity contribution >= 4 is 62.7 Å². The minimum absolute atomic E-state index is 0.00102. The van der Waals surface area contributed by atoms with Crippen LogP contribution < -0.4 is 9.64 Å². The summed E-state index contributed by atoms with van der Waals surface area (Å²) in [6, 6.07) is 11.5. The largest absolute Gasteiger partial charge is 0.504 e. The van der Waals surface area contributed by atoms with Crippen molar-refractivity contribution < 1.29 is 29.0 Å². The number of ether oxygens (including phenoxy) is 1. The van der Waals surface area contributed by atoms with Crippen LogP contribution in [0.4, 0.5) is 5.69 Å². The average molecular weight is 621 g/mol. The summed E-state index contributed by atoms with van der Waals surface area (Å²) in [7, 11) is 1.46. The van der Waals surface area contributed by atoms with E-state index in [4.69, 9.17) is 16.3 Å². The van der Waals surface area contributed by atoms with Gasteiger partial charge in [0.1, 0.15) is 0 Å². The van der Waals surface area contributed by atoms with Crippen LogP contribution in [0.3, 0.4) is 0 Å². The number of halogens is 2. The molecule has 0 bridgehead atoms. The van der Waals surface area contributed by atoms with Gasteiger partial charge in [-0.2, -0.15) is 0 Å². The molecule has 9 heteroatoms. The van der Waals surface area contributed by atoms with E-state index in [0.29, 0.717) is 34.0 Å². The SMILES string of the molecule is COc1cc(C=CC2C3=CCC4C(=O)N(c5ccc(Cl)cc5)C(=O)C4C3CC3=C2C(=O)C=C(Br)C3=O)ccc1O. The Morgan fingerprint density at radius 1 is 1.05 bits per heavy atom. The van der Waals surface area contributed by atoms with Crippen LogP contribution in [0.2, 0.25) is 5.02 Å². The summed E-state index contributed by atoms with van der Waals surface area (Å²) in [6.07, 6.45) is 7.46. The number of hydrogen-bond donors (Lipinski definition) is 1. The fourth-order valence-electron chi connectivity index (χ4n) is 6.33. The molecule has 1 fully saturated rings. The molecule has 0 spiro atoms. The van der Waals surface area contributed by atoms with Gasteiger partial charge >= 0.3 is 0 Å². The number of imide groups is 1. The first-order valence-electron chi connectivity index (χ1n) is 12.8. The van der Waals surface area contributed by atoms with Crippen molar-refractivity contribution in [2.75, 3.05) is 12.0 Å². The Labute approximate surface area is 243 Å². The maximum atomic E-state index is 13.8. The summed E-state index contributed by atoms with van der Waals surface area (Å²) in [6.45, 7) is 0. The molecule has 2 amide bonds. The number of hydrogen-bond acceptors (Lipinski definition) is 6. The standard InChI is InChI=1S/C31H23BrClNO6/c1-40-26-12-15(3-11-24(26)35)2-8-19-18-9-10-20-28(21(18)13-22-27(19)25(36)14-23(32)29(22)37)31(39)34(30(20)38)17-6-4-16(33)5-7-17/h2-9,11-12,14,19-21,28,35H,10,13H2,1H3. The molecule has 0 radical (unpaired) electrons. The van der Waals surface area contributed by atoms with Crippen LogP contribution in [0.15, 0.2) is 81.9 Å². The first-order chi connectivity index (χ1) is 19.2. The van der Waals surface area contributed by atoms with Gasteiger partial charge in [0.05, 0.1) is 29.1 Å². The van der Waals surface area contributed by atoms with E-state index < -0.39 is 23.7 Å². The summed E-state index contributed by atoms with van der Waals surface area (Å²) >= 11 is 9.26. The predicted molar refractivity (Wildman–Crippen MR) is 153 cm³/mol. The molecule has 6 rings (SSSR count). The highest BCUT2D eigenvalue weighted by Crippen LogP contribution is 2.53. The fraction of sp³-hybridized carbons (Fsp3) is 0.226. The van der Waals surface area contributed by atoms with Gasteiger partial charge in [0, 0.05) is 28.2 Å². The number of methoxy groups -OCH3 is 1. The highest BCUT2D eigenvalue weighted by atomic mass is 79.9. The fourth-order valence-corrected chi connectivity index (χ4v) is 6.91. The zero-order valence-electron chi connectivity index (χ0n) is 21.3. The zero-order valence-corrected chi connectivity index (χ0v) is 23.6. The third-order valence-corrected chi connectivity index (χ3v) is 8.99. The lowest BCUT2D eigenvalue weighted by Gasteiger charge is -2.41. The quantitative estimate of drug-likeness (QED) is 0.273. The van der Waals surface area contributed by atoms with Gasteiger partial charge in [-0.3, -0.25) is 24.1 Å². The molecule has 4 atom stereocenters. The van der Waals surface area contributed by atoms with Crippen LogP contribution in [0.25, 0.3) is 6.08 Å². The number of rotatable bonds is 4. The van der Waals surface area contributed by atoms with E-state index in [1.165, 1.54) is 24.2 Å². The molecule has 40 heavy (non-hydrogen) atoms. The molecule has 2 aromatic rings. The third-order valence-electron chi connectivity index (χ3n) is 8.15. The van der Waals surface area contributed by atoms with E-state index in [9.17, 15) is 24.3 Å². The number of phenols is 1. The van der Waals surface area contributed by atoms with Gasteiger partial charge in [-0.05, 0) is 76.7 Å². The first-order valence-corrected chi connectivity index (χ1v) is 13.9. The molecule has 1 saturated heterocycles. The third kappa shape index (κ3) is 4.17. The number of phenolic OH excluding ortho intramolecular Hbond substituents is 1. The Hall–Kier alpha value is -3.75. The lowest BCUT2D eigenvalue weighted by Crippen LogP contribution is -2.40. The van der Waals surface area contributed by atoms with Crippen molar-refractivity contribution in [3.8, 4) is 11.5 Å². The lowest BCUT2D eigenvalue weighted by molar-refractivity contribution is -0.123. The summed E-state index contributed by atoms with van der Waals surface area (Å²) < 4.78 is 5.40. The number of carbonyl (C=O) groups excluding carboxylic acids is 4. The number of ketones is 2. The minimum atomic E-state index is -0.658. The second kappa shape index (κ2) is 10.0. The van der Waals surface area contributed by atoms with Crippen LogP contribution in [0.1, 0.15) is 18.4 Å². The lowest BCUT2D eigenvalue weighted by atomic mass is 9.61. The van der Waals surface area contributed by atoms with Gasteiger partial charge in [0.25, 0.3) is 0 Å². The van der Waals surface area contributed by atoms with Crippen molar-refractivity contribution in [1.82, 2.24) is 0 Å². The number of fused-ring (bicyclic) bond motifs is 3. The number of aromatic hydroxyl groups is 1. The van der Waals surface area contributed by atoms with Gasteiger partial charge < -0.3 is 9.84 Å². The van der Waals surface area contributed by atoms with Crippen LogP contribution >= 0.6 is 27.5 Å². The molecule has 1 N–H and O–H groups in total. The maximum absolute atomic E-state index is 13.8. The highest BCUT2D eigenvalue weighted by Gasteiger charge is 2.56. The number of allylic oxidation sites excluding steroid dienone is 7. The summed E-state index contributed by atoms with van der Waals surface area (Å²) in [5.41, 5.74) is 2.79. The second-order valence-corrected chi connectivity index (χ2v) is 11.5. The molecular formula is C31H23BrClNO6. The Morgan fingerprint density at radius 3 is 2.52 bits per heavy atom. The summed E-state index contributed by atoms with van der Waals surface area (Å²) in [4.78, 5) is 55.1. The number of amides is 2. The molecular weight excluding hydrogens is 598 g/mol. The Balaban J connectivity index is 1.42. The zero-order chi connectivity index (χ0) is 28.3. The molecule has 3 aliphatic carbocycles. The summed E-state index contributed by atoms with van der Waals surface area (Å²) in [5, 5.41) is 10.5.